The topological polar surface area (TPSA) is 40.6 Å². The third-order valence-corrected chi connectivity index (χ3v) is 3.22. The summed E-state index contributed by atoms with van der Waals surface area (Å²) in [4.78, 5) is 26.9. The highest BCUT2D eigenvalue weighted by molar-refractivity contribution is 6.02. The molecule has 0 aromatic heterocycles. The van der Waals surface area contributed by atoms with Crippen molar-refractivity contribution in [2.75, 3.05) is 13.6 Å². The SMILES string of the molecule is CC(C)[C@@H](c1ccccc1)N1C(=O)CN(C)C1=O. The predicted molar refractivity (Wildman–Crippen MR) is 68.9 cm³/mol. The Morgan fingerprint density at radius 1 is 1.11 bits per heavy atom. The monoisotopic (exact) mass is 246 g/mol. The molecule has 1 aliphatic rings. The summed E-state index contributed by atoms with van der Waals surface area (Å²) in [7, 11) is 1.66. The molecular weight excluding hydrogens is 228 g/mol. The molecule has 0 unspecified atom stereocenters. The summed E-state index contributed by atoms with van der Waals surface area (Å²) in [5.41, 5.74) is 1.00. The minimum Gasteiger partial charge on any atom is -0.318 e. The van der Waals surface area contributed by atoms with Crippen molar-refractivity contribution in [1.29, 1.82) is 0 Å². The molecule has 0 aliphatic carbocycles. The molecule has 1 atom stereocenters. The van der Waals surface area contributed by atoms with Crippen molar-refractivity contribution in [2.24, 2.45) is 5.92 Å². The van der Waals surface area contributed by atoms with Crippen LogP contribution in [0.2, 0.25) is 0 Å². The minimum absolute atomic E-state index is 0.120. The van der Waals surface area contributed by atoms with Gasteiger partial charge in [0.05, 0.1) is 6.04 Å². The van der Waals surface area contributed by atoms with E-state index in [9.17, 15) is 9.59 Å². The average Bonchev–Trinajstić information content (AvgIpc) is 2.57. The fourth-order valence-electron chi connectivity index (χ4n) is 2.39. The van der Waals surface area contributed by atoms with Crippen molar-refractivity contribution in [3.63, 3.8) is 0 Å². The lowest BCUT2D eigenvalue weighted by Crippen LogP contribution is -2.37. The molecule has 0 radical (unpaired) electrons. The van der Waals surface area contributed by atoms with E-state index < -0.39 is 0 Å². The fourth-order valence-corrected chi connectivity index (χ4v) is 2.39. The summed E-state index contributed by atoms with van der Waals surface area (Å²) in [6, 6.07) is 9.32. The Labute approximate surface area is 107 Å². The Balaban J connectivity index is 2.38. The summed E-state index contributed by atoms with van der Waals surface area (Å²) in [6.45, 7) is 4.22. The van der Waals surface area contributed by atoms with Crippen LogP contribution >= 0.6 is 0 Å². The average molecular weight is 246 g/mol. The van der Waals surface area contributed by atoms with E-state index in [1.54, 1.807) is 7.05 Å². The van der Waals surface area contributed by atoms with E-state index in [1.165, 1.54) is 9.80 Å². The largest absolute Gasteiger partial charge is 0.327 e. The molecule has 96 valence electrons. The van der Waals surface area contributed by atoms with Gasteiger partial charge in [-0.2, -0.15) is 0 Å². The molecule has 0 bridgehead atoms. The zero-order valence-corrected chi connectivity index (χ0v) is 11.0. The highest BCUT2D eigenvalue weighted by atomic mass is 16.2. The van der Waals surface area contributed by atoms with E-state index in [1.807, 2.05) is 44.2 Å². The number of benzene rings is 1. The first-order valence-electron chi connectivity index (χ1n) is 6.14. The van der Waals surface area contributed by atoms with Crippen LogP contribution in [0.15, 0.2) is 30.3 Å². The molecule has 18 heavy (non-hydrogen) atoms. The van der Waals surface area contributed by atoms with Crippen LogP contribution in [-0.4, -0.2) is 35.3 Å². The number of hydrogen-bond donors (Lipinski definition) is 0. The predicted octanol–water partition coefficient (Wildman–Crippen LogP) is 2.28. The molecule has 1 aromatic carbocycles. The molecule has 1 heterocycles. The van der Waals surface area contributed by atoms with Gasteiger partial charge in [0.1, 0.15) is 6.54 Å². The number of likely N-dealkylation sites (N-methyl/N-ethyl adjacent to an activating group) is 1. The van der Waals surface area contributed by atoms with Crippen LogP contribution in [0.4, 0.5) is 4.79 Å². The molecule has 3 amide bonds. The standard InChI is InChI=1S/C14H18N2O2/c1-10(2)13(11-7-5-4-6-8-11)16-12(17)9-15(3)14(16)18/h4-8,10,13H,9H2,1-3H3/t13-/m0/s1. The van der Waals surface area contributed by atoms with Gasteiger partial charge in [0.15, 0.2) is 0 Å². The number of hydrogen-bond acceptors (Lipinski definition) is 2. The molecule has 1 aliphatic heterocycles. The lowest BCUT2D eigenvalue weighted by atomic mass is 9.95. The van der Waals surface area contributed by atoms with E-state index in [0.717, 1.165) is 5.56 Å². The zero-order valence-electron chi connectivity index (χ0n) is 11.0. The summed E-state index contributed by atoms with van der Waals surface area (Å²) < 4.78 is 0. The summed E-state index contributed by atoms with van der Waals surface area (Å²) in [5, 5.41) is 0. The van der Waals surface area contributed by atoms with Gasteiger partial charge in [-0.15, -0.1) is 0 Å². The van der Waals surface area contributed by atoms with E-state index in [4.69, 9.17) is 0 Å². The van der Waals surface area contributed by atoms with Crippen LogP contribution in [0.5, 0.6) is 0 Å². The van der Waals surface area contributed by atoms with Gasteiger partial charge in [-0.3, -0.25) is 9.69 Å². The zero-order chi connectivity index (χ0) is 13.3. The third-order valence-electron chi connectivity index (χ3n) is 3.22. The highest BCUT2D eigenvalue weighted by Gasteiger charge is 2.40. The number of carbonyl (C=O) groups excluding carboxylic acids is 2. The van der Waals surface area contributed by atoms with Crippen molar-refractivity contribution >= 4 is 11.9 Å². The lowest BCUT2D eigenvalue weighted by Gasteiger charge is -2.29. The van der Waals surface area contributed by atoms with Gasteiger partial charge in [0.2, 0.25) is 0 Å². The second-order valence-electron chi connectivity index (χ2n) is 5.00. The second kappa shape index (κ2) is 4.80. The maximum atomic E-state index is 12.1. The molecule has 1 aromatic rings. The van der Waals surface area contributed by atoms with Crippen LogP contribution in [0.3, 0.4) is 0 Å². The van der Waals surface area contributed by atoms with Crippen LogP contribution in [0, 0.1) is 5.92 Å². The molecule has 4 nitrogen and oxygen atoms in total. The fraction of sp³-hybridized carbons (Fsp3) is 0.429. The van der Waals surface area contributed by atoms with Crippen LogP contribution in [0.25, 0.3) is 0 Å². The van der Waals surface area contributed by atoms with Gasteiger partial charge < -0.3 is 4.90 Å². The second-order valence-corrected chi connectivity index (χ2v) is 5.00. The van der Waals surface area contributed by atoms with Crippen molar-refractivity contribution in [3.05, 3.63) is 35.9 Å². The molecule has 0 spiro atoms. The maximum Gasteiger partial charge on any atom is 0.327 e. The Bertz CT molecular complexity index is 456. The first-order chi connectivity index (χ1) is 8.52. The number of urea groups is 1. The maximum absolute atomic E-state index is 12.1. The molecule has 2 rings (SSSR count). The summed E-state index contributed by atoms with van der Waals surface area (Å²) in [5.74, 6) is 0.0665. The Hall–Kier alpha value is -1.84. The number of carbonyl (C=O) groups is 2. The molecule has 4 heteroatoms. The molecule has 1 fully saturated rings. The molecular formula is C14H18N2O2. The first-order valence-corrected chi connectivity index (χ1v) is 6.14. The number of imide groups is 1. The van der Waals surface area contributed by atoms with Gasteiger partial charge in [-0.05, 0) is 11.5 Å². The van der Waals surface area contributed by atoms with Gasteiger partial charge >= 0.3 is 6.03 Å². The normalized spacial score (nSPS) is 17.8. The Morgan fingerprint density at radius 3 is 2.17 bits per heavy atom. The molecule has 0 N–H and O–H groups in total. The highest BCUT2D eigenvalue weighted by Crippen LogP contribution is 2.31. The minimum atomic E-state index is -0.206. The van der Waals surface area contributed by atoms with Gasteiger partial charge in [-0.25, -0.2) is 4.79 Å². The Kier molecular flexibility index (Phi) is 3.36. The summed E-state index contributed by atoms with van der Waals surface area (Å²) >= 11 is 0. The van der Waals surface area contributed by atoms with E-state index >= 15 is 0 Å². The van der Waals surface area contributed by atoms with Gasteiger partial charge in [0, 0.05) is 7.05 Å². The van der Waals surface area contributed by atoms with Crippen LogP contribution < -0.4 is 0 Å². The van der Waals surface area contributed by atoms with E-state index in [-0.39, 0.29) is 30.4 Å². The quantitative estimate of drug-likeness (QED) is 0.768. The Morgan fingerprint density at radius 2 is 1.72 bits per heavy atom. The van der Waals surface area contributed by atoms with E-state index in [2.05, 4.69) is 0 Å². The number of rotatable bonds is 3. The van der Waals surface area contributed by atoms with Crippen molar-refractivity contribution < 1.29 is 9.59 Å². The van der Waals surface area contributed by atoms with Crippen LogP contribution in [0.1, 0.15) is 25.5 Å². The van der Waals surface area contributed by atoms with Gasteiger partial charge in [0.25, 0.3) is 5.91 Å². The first kappa shape index (κ1) is 12.6. The van der Waals surface area contributed by atoms with Crippen molar-refractivity contribution in [2.45, 2.75) is 19.9 Å². The van der Waals surface area contributed by atoms with E-state index in [0.29, 0.717) is 0 Å². The summed E-state index contributed by atoms with van der Waals surface area (Å²) in [6.07, 6.45) is 0. The number of nitrogens with zero attached hydrogens (tertiary/aromatic N) is 2. The van der Waals surface area contributed by atoms with Crippen molar-refractivity contribution in [1.82, 2.24) is 9.80 Å². The van der Waals surface area contributed by atoms with Gasteiger partial charge in [-0.1, -0.05) is 44.2 Å². The smallest absolute Gasteiger partial charge is 0.318 e. The third kappa shape index (κ3) is 2.10. The van der Waals surface area contributed by atoms with Crippen molar-refractivity contribution in [3.8, 4) is 0 Å². The van der Waals surface area contributed by atoms with Crippen LogP contribution in [-0.2, 0) is 4.79 Å². The number of amides is 3. The lowest BCUT2D eigenvalue weighted by molar-refractivity contribution is -0.127. The molecule has 1 saturated heterocycles. The molecule has 0 saturated carbocycles.